The number of carbonyl (C=O) groups is 6. The van der Waals surface area contributed by atoms with Crippen molar-refractivity contribution in [1.29, 1.82) is 0 Å². The van der Waals surface area contributed by atoms with E-state index in [9.17, 15) is 39.0 Å². The standard InChI is InChI=1S/C36H49N5O9/c1-22(2)18-28(34(47)48)39-31(44)26(19-23-10-7-6-8-11-23)38-30(43)21-37-32(45)29-12-9-17-41(29)33(46)27(40-35(49)50-36(3,4)5)20-24-13-15-25(42)16-14-24/h6-8,10-11,13-16,22,26-29,42H,9,12,17-21H2,1-5H3,(H,37,45)(H,38,43)(H,39,44)(H,40,49)(H,47,48)/t26-,27-,28-,29-/m0/s1. The minimum Gasteiger partial charge on any atom is -0.508 e. The van der Waals surface area contributed by atoms with Gasteiger partial charge in [0.15, 0.2) is 0 Å². The number of nitrogens with zero attached hydrogens (tertiary/aromatic N) is 1. The van der Waals surface area contributed by atoms with Crippen molar-refractivity contribution >= 4 is 35.7 Å². The van der Waals surface area contributed by atoms with Gasteiger partial charge in [-0.05, 0) is 69.2 Å². The molecule has 14 nitrogen and oxygen atoms in total. The number of aromatic hydroxyl groups is 1. The number of amides is 5. The molecule has 1 aliphatic rings. The number of ether oxygens (including phenoxy) is 1. The highest BCUT2D eigenvalue weighted by Crippen LogP contribution is 2.21. The monoisotopic (exact) mass is 695 g/mol. The Labute approximate surface area is 292 Å². The molecule has 2 aromatic rings. The van der Waals surface area contributed by atoms with Crippen molar-refractivity contribution in [2.45, 2.75) is 96.5 Å². The molecule has 0 unspecified atom stereocenters. The van der Waals surface area contributed by atoms with Crippen molar-refractivity contribution in [3.63, 3.8) is 0 Å². The van der Waals surface area contributed by atoms with E-state index in [1.807, 2.05) is 13.8 Å². The number of phenols is 1. The molecule has 14 heteroatoms. The Morgan fingerprint density at radius 3 is 2.08 bits per heavy atom. The molecule has 1 saturated heterocycles. The van der Waals surface area contributed by atoms with Gasteiger partial charge in [0.2, 0.25) is 23.6 Å². The lowest BCUT2D eigenvalue weighted by molar-refractivity contribution is -0.142. The maximum Gasteiger partial charge on any atom is 0.408 e. The van der Waals surface area contributed by atoms with Crippen molar-refractivity contribution in [3.05, 3.63) is 65.7 Å². The second-order valence-electron chi connectivity index (χ2n) is 13.8. The third kappa shape index (κ3) is 12.7. The lowest BCUT2D eigenvalue weighted by atomic mass is 10.0. The molecule has 2 aromatic carbocycles. The molecule has 50 heavy (non-hydrogen) atoms. The molecule has 5 amide bonds. The van der Waals surface area contributed by atoms with Crippen molar-refractivity contribution in [1.82, 2.24) is 26.2 Å². The van der Waals surface area contributed by atoms with Gasteiger partial charge in [-0.2, -0.15) is 0 Å². The summed E-state index contributed by atoms with van der Waals surface area (Å²) >= 11 is 0. The number of hydrogen-bond acceptors (Lipinski definition) is 8. The molecule has 272 valence electrons. The zero-order chi connectivity index (χ0) is 37.0. The fraction of sp³-hybridized carbons (Fsp3) is 0.500. The van der Waals surface area contributed by atoms with Crippen LogP contribution in [0.3, 0.4) is 0 Å². The lowest BCUT2D eigenvalue weighted by Crippen LogP contribution is -2.56. The molecule has 1 fully saturated rings. The molecule has 4 atom stereocenters. The molecule has 0 spiro atoms. The molecule has 6 N–H and O–H groups in total. The summed E-state index contributed by atoms with van der Waals surface area (Å²) < 4.78 is 5.37. The maximum absolute atomic E-state index is 13.8. The van der Waals surface area contributed by atoms with E-state index in [1.54, 1.807) is 63.2 Å². The number of likely N-dealkylation sites (tertiary alicyclic amines) is 1. The maximum atomic E-state index is 13.8. The number of alkyl carbamates (subject to hydrolysis) is 1. The lowest BCUT2D eigenvalue weighted by Gasteiger charge is -2.29. The summed E-state index contributed by atoms with van der Waals surface area (Å²) in [5.41, 5.74) is 0.566. The van der Waals surface area contributed by atoms with Crippen molar-refractivity contribution < 1.29 is 43.7 Å². The van der Waals surface area contributed by atoms with Gasteiger partial charge in [-0.3, -0.25) is 19.2 Å². The van der Waals surface area contributed by atoms with Crippen LogP contribution in [-0.4, -0.2) is 93.7 Å². The van der Waals surface area contributed by atoms with Crippen molar-refractivity contribution in [2.75, 3.05) is 13.1 Å². The molecule has 1 heterocycles. The Morgan fingerprint density at radius 1 is 0.860 bits per heavy atom. The van der Waals surface area contributed by atoms with Gasteiger partial charge in [-0.1, -0.05) is 56.3 Å². The molecule has 0 bridgehead atoms. The second kappa shape index (κ2) is 18.0. The van der Waals surface area contributed by atoms with Crippen LogP contribution in [0, 0.1) is 5.92 Å². The Bertz CT molecular complexity index is 1490. The van der Waals surface area contributed by atoms with E-state index in [0.29, 0.717) is 18.4 Å². The highest BCUT2D eigenvalue weighted by molar-refractivity contribution is 5.95. The molecule has 0 aliphatic carbocycles. The fourth-order valence-corrected chi connectivity index (χ4v) is 5.58. The van der Waals surface area contributed by atoms with Crippen LogP contribution < -0.4 is 21.3 Å². The highest BCUT2D eigenvalue weighted by Gasteiger charge is 2.38. The number of rotatable bonds is 15. The Balaban J connectivity index is 1.69. The van der Waals surface area contributed by atoms with E-state index in [-0.39, 0.29) is 37.5 Å². The van der Waals surface area contributed by atoms with Gasteiger partial charge in [0.25, 0.3) is 0 Å². The number of carbonyl (C=O) groups excluding carboxylic acids is 5. The first-order chi connectivity index (χ1) is 23.5. The molecule has 0 saturated carbocycles. The van der Waals surface area contributed by atoms with Crippen LogP contribution in [0.15, 0.2) is 54.6 Å². The third-order valence-electron chi connectivity index (χ3n) is 7.88. The van der Waals surface area contributed by atoms with Crippen LogP contribution in [0.1, 0.15) is 65.0 Å². The van der Waals surface area contributed by atoms with E-state index in [1.165, 1.54) is 17.0 Å². The first kappa shape index (κ1) is 39.3. The number of nitrogens with one attached hydrogen (secondary N) is 4. The van der Waals surface area contributed by atoms with E-state index in [4.69, 9.17) is 4.74 Å². The van der Waals surface area contributed by atoms with Crippen LogP contribution in [0.4, 0.5) is 4.79 Å². The van der Waals surface area contributed by atoms with Gasteiger partial charge in [0.1, 0.15) is 35.5 Å². The quantitative estimate of drug-likeness (QED) is 0.162. The number of hydrogen-bond donors (Lipinski definition) is 6. The van der Waals surface area contributed by atoms with Crippen LogP contribution >= 0.6 is 0 Å². The smallest absolute Gasteiger partial charge is 0.408 e. The van der Waals surface area contributed by atoms with E-state index in [2.05, 4.69) is 21.3 Å². The number of phenolic OH excluding ortho intramolecular Hbond substituents is 1. The third-order valence-corrected chi connectivity index (χ3v) is 7.88. The predicted molar refractivity (Wildman–Crippen MR) is 184 cm³/mol. The van der Waals surface area contributed by atoms with Gasteiger partial charge >= 0.3 is 12.1 Å². The minimum absolute atomic E-state index is 0.00741. The van der Waals surface area contributed by atoms with Crippen molar-refractivity contribution in [3.8, 4) is 5.75 Å². The zero-order valence-electron chi connectivity index (χ0n) is 29.2. The molecular weight excluding hydrogens is 646 g/mol. The summed E-state index contributed by atoms with van der Waals surface area (Å²) in [4.78, 5) is 79.3. The Kier molecular flexibility index (Phi) is 14.2. The van der Waals surface area contributed by atoms with Crippen LogP contribution in [0.5, 0.6) is 5.75 Å². The fourth-order valence-electron chi connectivity index (χ4n) is 5.58. The summed E-state index contributed by atoms with van der Waals surface area (Å²) in [6, 6.07) is 10.8. The number of aliphatic carboxylic acids is 1. The van der Waals surface area contributed by atoms with E-state index < -0.39 is 72.0 Å². The van der Waals surface area contributed by atoms with E-state index in [0.717, 1.165) is 5.56 Å². The highest BCUT2D eigenvalue weighted by atomic mass is 16.6. The van der Waals surface area contributed by atoms with Gasteiger partial charge in [0, 0.05) is 19.4 Å². The molecular formula is C36H49N5O9. The van der Waals surface area contributed by atoms with Crippen molar-refractivity contribution in [2.24, 2.45) is 5.92 Å². The summed E-state index contributed by atoms with van der Waals surface area (Å²) in [6.07, 6.45) is 0.370. The molecule has 1 aliphatic heterocycles. The van der Waals surface area contributed by atoms with Gasteiger partial charge < -0.3 is 41.1 Å². The summed E-state index contributed by atoms with van der Waals surface area (Å²) in [7, 11) is 0. The van der Waals surface area contributed by atoms with Gasteiger partial charge in [-0.25, -0.2) is 9.59 Å². The first-order valence-electron chi connectivity index (χ1n) is 16.7. The number of carboxylic acids is 1. The van der Waals surface area contributed by atoms with Crippen LogP contribution in [-0.2, 0) is 41.6 Å². The van der Waals surface area contributed by atoms with Crippen LogP contribution in [0.2, 0.25) is 0 Å². The second-order valence-corrected chi connectivity index (χ2v) is 13.8. The Hall–Kier alpha value is -5.14. The van der Waals surface area contributed by atoms with Gasteiger partial charge in [-0.15, -0.1) is 0 Å². The average molecular weight is 696 g/mol. The topological polar surface area (TPSA) is 203 Å². The first-order valence-corrected chi connectivity index (χ1v) is 16.7. The molecule has 0 aromatic heterocycles. The van der Waals surface area contributed by atoms with Crippen LogP contribution in [0.25, 0.3) is 0 Å². The van der Waals surface area contributed by atoms with Gasteiger partial charge in [0.05, 0.1) is 6.54 Å². The zero-order valence-corrected chi connectivity index (χ0v) is 29.2. The minimum atomic E-state index is -1.19. The van der Waals surface area contributed by atoms with E-state index >= 15 is 0 Å². The Morgan fingerprint density at radius 2 is 1.48 bits per heavy atom. The summed E-state index contributed by atoms with van der Waals surface area (Å²) in [5, 5.41) is 29.6. The SMILES string of the molecule is CC(C)C[C@H](NC(=O)[C@H](Cc1ccccc1)NC(=O)CNC(=O)[C@@H]1CCCN1C(=O)[C@H](Cc1ccc(O)cc1)NC(=O)OC(C)(C)C)C(=O)O. The molecule has 0 radical (unpaired) electrons. The number of carboxylic acid groups (broad SMARTS) is 1. The molecule has 3 rings (SSSR count). The largest absolute Gasteiger partial charge is 0.508 e. The normalized spacial score (nSPS) is 16.1. The summed E-state index contributed by atoms with van der Waals surface area (Å²) in [6.45, 7) is 8.48. The predicted octanol–water partition coefficient (Wildman–Crippen LogP) is 2.28. The average Bonchev–Trinajstić information content (AvgIpc) is 3.53. The summed E-state index contributed by atoms with van der Waals surface area (Å²) in [5.74, 6) is -3.61. The number of benzene rings is 2.